The van der Waals surface area contributed by atoms with Gasteiger partial charge in [0.25, 0.3) is 0 Å². The Morgan fingerprint density at radius 1 is 1.15 bits per heavy atom. The average Bonchev–Trinajstić information content (AvgIpc) is 2.45. The molecular formula is C15H23BrClNO2. The fourth-order valence-corrected chi connectivity index (χ4v) is 3.29. The van der Waals surface area contributed by atoms with Gasteiger partial charge in [-0.25, -0.2) is 0 Å². The van der Waals surface area contributed by atoms with Crippen molar-refractivity contribution >= 4 is 28.3 Å². The highest BCUT2D eigenvalue weighted by atomic mass is 79.9. The van der Waals surface area contributed by atoms with E-state index in [4.69, 9.17) is 9.47 Å². The molecule has 1 N–H and O–H groups in total. The summed E-state index contributed by atoms with van der Waals surface area (Å²) in [6.45, 7) is 0.879. The van der Waals surface area contributed by atoms with Crippen LogP contribution in [0.1, 0.15) is 37.7 Å². The van der Waals surface area contributed by atoms with E-state index in [1.54, 1.807) is 14.2 Å². The first-order valence-electron chi connectivity index (χ1n) is 6.88. The highest BCUT2D eigenvalue weighted by Gasteiger charge is 2.14. The maximum atomic E-state index is 5.37. The molecule has 3 nitrogen and oxygen atoms in total. The maximum absolute atomic E-state index is 5.37. The highest BCUT2D eigenvalue weighted by molar-refractivity contribution is 9.10. The fraction of sp³-hybridized carbons (Fsp3) is 0.600. The van der Waals surface area contributed by atoms with E-state index in [0.717, 1.165) is 22.5 Å². The number of methoxy groups -OCH3 is 2. The van der Waals surface area contributed by atoms with Crippen LogP contribution in [0.5, 0.6) is 11.5 Å². The molecule has 1 aliphatic rings. The summed E-state index contributed by atoms with van der Waals surface area (Å²) >= 11 is 3.53. The molecule has 1 aromatic rings. The number of ether oxygens (including phenoxy) is 2. The zero-order valence-electron chi connectivity index (χ0n) is 12.1. The van der Waals surface area contributed by atoms with Crippen molar-refractivity contribution in [1.82, 2.24) is 5.32 Å². The second kappa shape index (κ2) is 8.75. The Labute approximate surface area is 136 Å². The molecular weight excluding hydrogens is 342 g/mol. The minimum Gasteiger partial charge on any atom is -0.493 e. The van der Waals surface area contributed by atoms with Crippen LogP contribution >= 0.6 is 28.3 Å². The van der Waals surface area contributed by atoms with Crippen molar-refractivity contribution in [2.24, 2.45) is 0 Å². The van der Waals surface area contributed by atoms with Crippen LogP contribution in [0, 0.1) is 0 Å². The van der Waals surface area contributed by atoms with Crippen LogP contribution in [0.4, 0.5) is 0 Å². The molecule has 0 radical (unpaired) electrons. The van der Waals surface area contributed by atoms with Crippen molar-refractivity contribution in [1.29, 1.82) is 0 Å². The lowest BCUT2D eigenvalue weighted by Gasteiger charge is -2.23. The van der Waals surface area contributed by atoms with E-state index in [1.165, 1.54) is 37.7 Å². The first-order chi connectivity index (χ1) is 9.24. The van der Waals surface area contributed by atoms with E-state index in [-0.39, 0.29) is 12.4 Å². The Kier molecular flexibility index (Phi) is 7.70. The maximum Gasteiger partial charge on any atom is 0.174 e. The Hall–Kier alpha value is -0.450. The number of nitrogens with one attached hydrogen (secondary N) is 1. The number of halogens is 2. The first-order valence-corrected chi connectivity index (χ1v) is 7.67. The summed E-state index contributed by atoms with van der Waals surface area (Å²) in [6, 6.07) is 4.80. The molecule has 0 unspecified atom stereocenters. The third-order valence-corrected chi connectivity index (χ3v) is 4.28. The van der Waals surface area contributed by atoms with E-state index >= 15 is 0 Å². The van der Waals surface area contributed by atoms with Crippen molar-refractivity contribution in [3.63, 3.8) is 0 Å². The molecule has 0 amide bonds. The van der Waals surface area contributed by atoms with Gasteiger partial charge in [-0.3, -0.25) is 0 Å². The van der Waals surface area contributed by atoms with E-state index in [0.29, 0.717) is 6.04 Å². The lowest BCUT2D eigenvalue weighted by atomic mass is 9.95. The normalized spacial score (nSPS) is 15.6. The monoisotopic (exact) mass is 363 g/mol. The van der Waals surface area contributed by atoms with Crippen molar-refractivity contribution in [3.05, 3.63) is 22.2 Å². The van der Waals surface area contributed by atoms with Gasteiger partial charge >= 0.3 is 0 Å². The molecule has 114 valence electrons. The standard InChI is InChI=1S/C15H22BrNO2.ClH/c1-18-14-9-11(8-13(16)15(14)19-2)10-17-12-6-4-3-5-7-12;/h8-9,12,17H,3-7,10H2,1-2H3;1H. The average molecular weight is 365 g/mol. The largest absolute Gasteiger partial charge is 0.493 e. The topological polar surface area (TPSA) is 30.5 Å². The number of hydrogen-bond acceptors (Lipinski definition) is 3. The molecule has 2 rings (SSSR count). The summed E-state index contributed by atoms with van der Waals surface area (Å²) < 4.78 is 11.6. The zero-order valence-corrected chi connectivity index (χ0v) is 14.5. The lowest BCUT2D eigenvalue weighted by molar-refractivity contribution is 0.351. The molecule has 1 saturated carbocycles. The smallest absolute Gasteiger partial charge is 0.174 e. The van der Waals surface area contributed by atoms with Crippen LogP contribution < -0.4 is 14.8 Å². The second-order valence-corrected chi connectivity index (χ2v) is 5.88. The Bertz CT molecular complexity index is 423. The van der Waals surface area contributed by atoms with E-state index < -0.39 is 0 Å². The SMILES string of the molecule is COc1cc(CNC2CCCCC2)cc(Br)c1OC.Cl. The minimum absolute atomic E-state index is 0. The van der Waals surface area contributed by atoms with Crippen LogP contribution in [-0.4, -0.2) is 20.3 Å². The van der Waals surface area contributed by atoms with Crippen LogP contribution in [0.3, 0.4) is 0 Å². The summed E-state index contributed by atoms with van der Waals surface area (Å²) in [5, 5.41) is 3.64. The van der Waals surface area contributed by atoms with Gasteiger partial charge in [0.15, 0.2) is 11.5 Å². The predicted octanol–water partition coefficient (Wildman–Crippen LogP) is 4.31. The molecule has 0 spiro atoms. The van der Waals surface area contributed by atoms with Gasteiger partial charge in [0.2, 0.25) is 0 Å². The molecule has 5 heteroatoms. The molecule has 20 heavy (non-hydrogen) atoms. The van der Waals surface area contributed by atoms with Crippen molar-refractivity contribution in [2.75, 3.05) is 14.2 Å². The summed E-state index contributed by atoms with van der Waals surface area (Å²) in [5.74, 6) is 1.53. The van der Waals surface area contributed by atoms with Gasteiger partial charge in [-0.15, -0.1) is 12.4 Å². The fourth-order valence-electron chi connectivity index (χ4n) is 2.64. The number of hydrogen-bond donors (Lipinski definition) is 1. The van der Waals surface area contributed by atoms with Gasteiger partial charge in [-0.1, -0.05) is 19.3 Å². The summed E-state index contributed by atoms with van der Waals surface area (Å²) in [5.41, 5.74) is 1.22. The van der Waals surface area contributed by atoms with Gasteiger partial charge in [0.1, 0.15) is 0 Å². The minimum atomic E-state index is 0. The van der Waals surface area contributed by atoms with Crippen molar-refractivity contribution in [2.45, 2.75) is 44.7 Å². The number of benzene rings is 1. The van der Waals surface area contributed by atoms with Gasteiger partial charge in [-0.2, -0.15) is 0 Å². The van der Waals surface area contributed by atoms with Crippen molar-refractivity contribution in [3.8, 4) is 11.5 Å². The summed E-state index contributed by atoms with van der Waals surface area (Å²) in [7, 11) is 3.32. The molecule has 1 fully saturated rings. The molecule has 1 aromatic carbocycles. The zero-order chi connectivity index (χ0) is 13.7. The second-order valence-electron chi connectivity index (χ2n) is 5.03. The molecule has 0 saturated heterocycles. The van der Waals surface area contributed by atoms with Gasteiger partial charge in [-0.05, 0) is 46.5 Å². The Balaban J connectivity index is 0.00000200. The molecule has 1 aliphatic carbocycles. The molecule has 0 heterocycles. The molecule has 0 bridgehead atoms. The van der Waals surface area contributed by atoms with Crippen LogP contribution in [-0.2, 0) is 6.54 Å². The van der Waals surface area contributed by atoms with E-state index in [9.17, 15) is 0 Å². The molecule has 0 aliphatic heterocycles. The van der Waals surface area contributed by atoms with Gasteiger partial charge in [0, 0.05) is 12.6 Å². The van der Waals surface area contributed by atoms with Gasteiger partial charge < -0.3 is 14.8 Å². The Morgan fingerprint density at radius 2 is 1.85 bits per heavy atom. The lowest BCUT2D eigenvalue weighted by Crippen LogP contribution is -2.30. The molecule has 0 aromatic heterocycles. The third-order valence-electron chi connectivity index (χ3n) is 3.69. The first kappa shape index (κ1) is 17.6. The van der Waals surface area contributed by atoms with E-state index in [2.05, 4.69) is 27.3 Å². The number of rotatable bonds is 5. The van der Waals surface area contributed by atoms with Crippen LogP contribution in [0.15, 0.2) is 16.6 Å². The summed E-state index contributed by atoms with van der Waals surface area (Å²) in [6.07, 6.45) is 6.70. The molecule has 0 atom stereocenters. The quantitative estimate of drug-likeness (QED) is 0.844. The van der Waals surface area contributed by atoms with E-state index in [1.807, 2.05) is 6.07 Å². The summed E-state index contributed by atoms with van der Waals surface area (Å²) in [4.78, 5) is 0. The predicted molar refractivity (Wildman–Crippen MR) is 88.2 cm³/mol. The van der Waals surface area contributed by atoms with Crippen LogP contribution in [0.25, 0.3) is 0 Å². The highest BCUT2D eigenvalue weighted by Crippen LogP contribution is 2.36. The van der Waals surface area contributed by atoms with Crippen LogP contribution in [0.2, 0.25) is 0 Å². The van der Waals surface area contributed by atoms with Crippen molar-refractivity contribution < 1.29 is 9.47 Å². The third kappa shape index (κ3) is 4.54. The van der Waals surface area contributed by atoms with Gasteiger partial charge in [0.05, 0.1) is 18.7 Å². The Morgan fingerprint density at radius 3 is 2.45 bits per heavy atom.